The van der Waals surface area contributed by atoms with Crippen molar-refractivity contribution in [3.05, 3.63) is 0 Å². The highest BCUT2D eigenvalue weighted by Gasteiger charge is 2.58. The molecule has 0 aliphatic carbocycles. The third-order valence-corrected chi connectivity index (χ3v) is 9.02. The maximum absolute atomic E-state index is 12.3. The maximum atomic E-state index is 12.3. The number of carboxylic acid groups (broad SMARTS) is 2. The van der Waals surface area contributed by atoms with Crippen LogP contribution >= 0.6 is 0 Å². The van der Waals surface area contributed by atoms with E-state index >= 15 is 0 Å². The van der Waals surface area contributed by atoms with E-state index in [2.05, 4.69) is 13.8 Å². The SMILES string of the molecule is CCCCCCCCCCCCCCCCC(C(=O)O)C(CCCCCCCC)(C(=O)O)S(=O)(=O)O. The molecular weight excluding hydrogens is 480 g/mol. The Balaban J connectivity index is 4.54. The normalized spacial score (nSPS) is 14.4. The molecule has 0 aromatic carbocycles. The van der Waals surface area contributed by atoms with E-state index in [-0.39, 0.29) is 19.3 Å². The second-order valence-corrected chi connectivity index (χ2v) is 12.1. The topological polar surface area (TPSA) is 129 Å². The molecule has 2 unspecified atom stereocenters. The van der Waals surface area contributed by atoms with Gasteiger partial charge in [0.2, 0.25) is 4.75 Å². The summed E-state index contributed by atoms with van der Waals surface area (Å²) in [7, 11) is -5.12. The van der Waals surface area contributed by atoms with E-state index in [1.807, 2.05) is 0 Å². The minimum Gasteiger partial charge on any atom is -0.481 e. The fourth-order valence-electron chi connectivity index (χ4n) is 5.12. The molecule has 0 radical (unpaired) electrons. The zero-order valence-electron chi connectivity index (χ0n) is 23.0. The number of unbranched alkanes of at least 4 members (excludes halogenated alkanes) is 18. The fraction of sp³-hybridized carbons (Fsp3) is 0.929. The van der Waals surface area contributed by atoms with Crippen LogP contribution in [0.4, 0.5) is 0 Å². The predicted molar refractivity (Wildman–Crippen MR) is 146 cm³/mol. The Kier molecular flexibility index (Phi) is 20.2. The van der Waals surface area contributed by atoms with Crippen LogP contribution in [-0.2, 0) is 19.7 Å². The highest BCUT2D eigenvalue weighted by atomic mass is 32.2. The van der Waals surface area contributed by atoms with Gasteiger partial charge in [0.1, 0.15) is 0 Å². The van der Waals surface area contributed by atoms with Crippen LogP contribution < -0.4 is 0 Å². The third-order valence-electron chi connectivity index (χ3n) is 7.43. The maximum Gasteiger partial charge on any atom is 0.328 e. The van der Waals surface area contributed by atoms with Crippen LogP contribution in [0.25, 0.3) is 0 Å². The van der Waals surface area contributed by atoms with Crippen molar-refractivity contribution in [2.24, 2.45) is 5.92 Å². The van der Waals surface area contributed by atoms with Crippen molar-refractivity contribution in [2.45, 2.75) is 160 Å². The van der Waals surface area contributed by atoms with Crippen LogP contribution in [0.1, 0.15) is 155 Å². The summed E-state index contributed by atoms with van der Waals surface area (Å²) in [5.74, 6) is -4.91. The molecule has 0 saturated heterocycles. The molecular formula is C28H54O7S. The van der Waals surface area contributed by atoms with Crippen molar-refractivity contribution in [2.75, 3.05) is 0 Å². The summed E-state index contributed by atoms with van der Waals surface area (Å²) in [4.78, 5) is 24.1. The molecule has 0 aliphatic rings. The van der Waals surface area contributed by atoms with Gasteiger partial charge in [0.05, 0.1) is 5.92 Å². The van der Waals surface area contributed by atoms with Crippen LogP contribution in [0.5, 0.6) is 0 Å². The second-order valence-electron chi connectivity index (χ2n) is 10.5. The predicted octanol–water partition coefficient (Wildman–Crippen LogP) is 8.02. The average Bonchev–Trinajstić information content (AvgIpc) is 2.80. The summed E-state index contributed by atoms with van der Waals surface area (Å²) in [6.45, 7) is 4.30. The molecule has 0 aromatic rings. The Morgan fingerprint density at radius 2 is 0.944 bits per heavy atom. The molecule has 2 atom stereocenters. The Morgan fingerprint density at radius 1 is 0.611 bits per heavy atom. The number of carbonyl (C=O) groups is 2. The van der Waals surface area contributed by atoms with E-state index in [1.54, 1.807) is 0 Å². The van der Waals surface area contributed by atoms with E-state index in [0.717, 1.165) is 51.4 Å². The first-order chi connectivity index (χ1) is 17.1. The van der Waals surface area contributed by atoms with Gasteiger partial charge in [-0.3, -0.25) is 14.1 Å². The summed E-state index contributed by atoms with van der Waals surface area (Å²) in [6.07, 6.45) is 20.1. The molecule has 8 heteroatoms. The molecule has 0 bridgehead atoms. The lowest BCUT2D eigenvalue weighted by Crippen LogP contribution is -2.55. The lowest BCUT2D eigenvalue weighted by molar-refractivity contribution is -0.152. The van der Waals surface area contributed by atoms with Gasteiger partial charge in [-0.2, -0.15) is 8.42 Å². The van der Waals surface area contributed by atoms with Gasteiger partial charge in [-0.25, -0.2) is 0 Å². The van der Waals surface area contributed by atoms with Gasteiger partial charge in [-0.05, 0) is 12.8 Å². The lowest BCUT2D eigenvalue weighted by Gasteiger charge is -2.32. The summed E-state index contributed by atoms with van der Waals surface area (Å²) in [5.41, 5.74) is 0. The standard InChI is InChI=1S/C28H54O7S/c1-3-5-7-9-11-12-13-14-15-16-17-18-19-21-23-25(26(29)30)28(27(31)32,36(33,34)35)24-22-20-10-8-6-4-2/h25H,3-24H2,1-2H3,(H,29,30)(H,31,32)(H,33,34,35). The van der Waals surface area contributed by atoms with Gasteiger partial charge < -0.3 is 10.2 Å². The molecule has 0 spiro atoms. The van der Waals surface area contributed by atoms with Crippen LogP contribution in [0.2, 0.25) is 0 Å². The minimum atomic E-state index is -5.12. The largest absolute Gasteiger partial charge is 0.481 e. The van der Waals surface area contributed by atoms with Gasteiger partial charge >= 0.3 is 11.9 Å². The Bertz CT molecular complexity index is 677. The lowest BCUT2D eigenvalue weighted by atomic mass is 9.82. The quantitative estimate of drug-likeness (QED) is 0.0756. The zero-order valence-corrected chi connectivity index (χ0v) is 23.8. The minimum absolute atomic E-state index is 0.0741. The second kappa shape index (κ2) is 20.9. The summed E-state index contributed by atoms with van der Waals surface area (Å²) in [6, 6.07) is 0. The third kappa shape index (κ3) is 14.0. The number of carboxylic acids is 2. The first-order valence-electron chi connectivity index (χ1n) is 14.6. The van der Waals surface area contributed by atoms with Gasteiger partial charge in [0.25, 0.3) is 10.1 Å². The van der Waals surface area contributed by atoms with Crippen molar-refractivity contribution in [3.63, 3.8) is 0 Å². The molecule has 0 heterocycles. The summed E-state index contributed by atoms with van der Waals surface area (Å²) >= 11 is 0. The zero-order chi connectivity index (χ0) is 27.3. The van der Waals surface area contributed by atoms with E-state index in [4.69, 9.17) is 0 Å². The first kappa shape index (κ1) is 34.9. The number of rotatable bonds is 26. The van der Waals surface area contributed by atoms with Crippen molar-refractivity contribution >= 4 is 22.1 Å². The molecule has 0 amide bonds. The number of hydrogen-bond donors (Lipinski definition) is 3. The number of hydrogen-bond acceptors (Lipinski definition) is 4. The van der Waals surface area contributed by atoms with E-state index in [9.17, 15) is 32.8 Å². The molecule has 0 aliphatic heterocycles. The summed E-state index contributed by atoms with van der Waals surface area (Å²) < 4.78 is 31.7. The van der Waals surface area contributed by atoms with Crippen LogP contribution in [0.3, 0.4) is 0 Å². The Morgan fingerprint density at radius 3 is 1.25 bits per heavy atom. The van der Waals surface area contributed by atoms with E-state index < -0.39 is 32.7 Å². The molecule has 0 fully saturated rings. The van der Waals surface area contributed by atoms with E-state index in [0.29, 0.717) is 12.8 Å². The molecule has 36 heavy (non-hydrogen) atoms. The van der Waals surface area contributed by atoms with E-state index in [1.165, 1.54) is 57.8 Å². The number of aliphatic carboxylic acids is 2. The molecule has 0 saturated carbocycles. The monoisotopic (exact) mass is 534 g/mol. The summed E-state index contributed by atoms with van der Waals surface area (Å²) in [5, 5.41) is 19.6. The Labute approximate surface area is 220 Å². The van der Waals surface area contributed by atoms with Gasteiger partial charge in [-0.1, -0.05) is 142 Å². The van der Waals surface area contributed by atoms with Crippen LogP contribution in [0.15, 0.2) is 0 Å². The molecule has 214 valence electrons. The first-order valence-corrected chi connectivity index (χ1v) is 16.0. The smallest absolute Gasteiger partial charge is 0.328 e. The van der Waals surface area contributed by atoms with Gasteiger partial charge in [-0.15, -0.1) is 0 Å². The van der Waals surface area contributed by atoms with Crippen molar-refractivity contribution in [1.82, 2.24) is 0 Å². The van der Waals surface area contributed by atoms with Crippen LogP contribution in [0, 0.1) is 5.92 Å². The van der Waals surface area contributed by atoms with Crippen LogP contribution in [-0.4, -0.2) is 39.9 Å². The highest BCUT2D eigenvalue weighted by molar-refractivity contribution is 7.88. The molecule has 0 rings (SSSR count). The van der Waals surface area contributed by atoms with Gasteiger partial charge in [0.15, 0.2) is 0 Å². The average molecular weight is 535 g/mol. The van der Waals surface area contributed by atoms with Crippen molar-refractivity contribution < 1.29 is 32.8 Å². The molecule has 3 N–H and O–H groups in total. The fourth-order valence-corrected chi connectivity index (χ4v) is 6.32. The van der Waals surface area contributed by atoms with Crippen molar-refractivity contribution in [3.8, 4) is 0 Å². The van der Waals surface area contributed by atoms with Gasteiger partial charge in [0, 0.05) is 0 Å². The highest BCUT2D eigenvalue weighted by Crippen LogP contribution is 2.37. The molecule has 0 aromatic heterocycles. The molecule has 7 nitrogen and oxygen atoms in total. The van der Waals surface area contributed by atoms with Crippen molar-refractivity contribution in [1.29, 1.82) is 0 Å². The Hall–Kier alpha value is -1.15.